The van der Waals surface area contributed by atoms with Crippen molar-refractivity contribution >= 4 is 0 Å². The van der Waals surface area contributed by atoms with Crippen molar-refractivity contribution in [3.8, 4) is 17.0 Å². The number of hydrogen-bond donors (Lipinski definition) is 0. The number of aryl methyl sites for hydroxylation is 3. The maximum absolute atomic E-state index is 6.46. The van der Waals surface area contributed by atoms with Crippen LogP contribution in [0, 0.1) is 25.7 Å². The van der Waals surface area contributed by atoms with Crippen LogP contribution >= 0.6 is 0 Å². The molecule has 2 atom stereocenters. The van der Waals surface area contributed by atoms with Crippen LogP contribution in [-0.4, -0.2) is 15.0 Å². The predicted octanol–water partition coefficient (Wildman–Crippen LogP) is 6.37. The Labute approximate surface area is 185 Å². The van der Waals surface area contributed by atoms with Crippen molar-refractivity contribution < 1.29 is 4.74 Å². The molecule has 4 nitrogen and oxygen atoms in total. The average Bonchev–Trinajstić information content (AvgIpc) is 3.60. The Balaban J connectivity index is 1.37. The third-order valence-electron chi connectivity index (χ3n) is 6.79. The second kappa shape index (κ2) is 8.07. The molecule has 3 aromatic rings. The summed E-state index contributed by atoms with van der Waals surface area (Å²) in [5, 5.41) is 0. The van der Waals surface area contributed by atoms with Gasteiger partial charge in [0.15, 0.2) is 0 Å². The summed E-state index contributed by atoms with van der Waals surface area (Å²) in [5.41, 5.74) is 7.72. The number of hydrogen-bond acceptors (Lipinski definition) is 4. The van der Waals surface area contributed by atoms with E-state index in [1.165, 1.54) is 24.0 Å². The van der Waals surface area contributed by atoms with Crippen molar-refractivity contribution in [2.45, 2.75) is 65.4 Å². The van der Waals surface area contributed by atoms with Gasteiger partial charge in [0.1, 0.15) is 11.9 Å². The van der Waals surface area contributed by atoms with E-state index in [1.54, 1.807) is 0 Å². The third-order valence-corrected chi connectivity index (χ3v) is 6.79. The molecule has 2 aromatic heterocycles. The van der Waals surface area contributed by atoms with Gasteiger partial charge in [0.2, 0.25) is 0 Å². The first kappa shape index (κ1) is 20.2. The lowest BCUT2D eigenvalue weighted by Crippen LogP contribution is -2.17. The number of ether oxygens (including phenoxy) is 1. The predicted molar refractivity (Wildman–Crippen MR) is 123 cm³/mol. The summed E-state index contributed by atoms with van der Waals surface area (Å²) in [4.78, 5) is 13.8. The van der Waals surface area contributed by atoms with Gasteiger partial charge in [-0.3, -0.25) is 15.0 Å². The molecule has 0 amide bonds. The van der Waals surface area contributed by atoms with E-state index in [1.807, 2.05) is 25.5 Å². The van der Waals surface area contributed by atoms with Gasteiger partial charge < -0.3 is 4.74 Å². The molecule has 0 radical (unpaired) electrons. The first-order valence-electron chi connectivity index (χ1n) is 11.5. The molecule has 0 spiro atoms. The van der Waals surface area contributed by atoms with Crippen LogP contribution in [0.3, 0.4) is 0 Å². The Kier molecular flexibility index (Phi) is 5.25. The SMILES string of the molecule is Cc1cc(-c2cnc(C3CCc4ccc([C@@H](C(C)C)C5CC5)cc4O3)cn2)c(C)cn1. The second-order valence-electron chi connectivity index (χ2n) is 9.59. The molecule has 1 aliphatic heterocycles. The van der Waals surface area contributed by atoms with Crippen molar-refractivity contribution in [3.05, 3.63) is 70.9 Å². The molecule has 1 saturated carbocycles. The van der Waals surface area contributed by atoms with Crippen molar-refractivity contribution in [3.63, 3.8) is 0 Å². The molecule has 160 valence electrons. The van der Waals surface area contributed by atoms with Gasteiger partial charge in [0.05, 0.1) is 23.8 Å². The van der Waals surface area contributed by atoms with E-state index in [0.29, 0.717) is 11.8 Å². The maximum Gasteiger partial charge on any atom is 0.142 e. The fourth-order valence-corrected chi connectivity index (χ4v) is 5.01. The molecule has 0 bridgehead atoms. The van der Waals surface area contributed by atoms with Crippen LogP contribution in [0.1, 0.15) is 73.2 Å². The molecule has 3 heterocycles. The van der Waals surface area contributed by atoms with Gasteiger partial charge >= 0.3 is 0 Å². The lowest BCUT2D eigenvalue weighted by Gasteiger charge is -2.28. The Hall–Kier alpha value is -2.75. The standard InChI is InChI=1S/C27H31N3O/c1-16(2)27(20-6-7-20)21-8-5-19-9-10-25(31-26(19)12-21)24-15-29-23(14-30-24)22-11-18(4)28-13-17(22)3/h5,8,11-16,20,25,27H,6-7,9-10H2,1-4H3/t25?,27-/m0/s1. The van der Waals surface area contributed by atoms with Gasteiger partial charge in [-0.25, -0.2) is 0 Å². The number of benzene rings is 1. The number of rotatable bonds is 5. The van der Waals surface area contributed by atoms with Gasteiger partial charge in [-0.1, -0.05) is 26.0 Å². The quantitative estimate of drug-likeness (QED) is 0.487. The van der Waals surface area contributed by atoms with Crippen LogP contribution in [0.25, 0.3) is 11.3 Å². The molecule has 31 heavy (non-hydrogen) atoms. The summed E-state index contributed by atoms with van der Waals surface area (Å²) < 4.78 is 6.46. The highest BCUT2D eigenvalue weighted by Gasteiger charge is 2.35. The summed E-state index contributed by atoms with van der Waals surface area (Å²) in [6.07, 6.45) is 10.3. The fraction of sp³-hybridized carbons (Fsp3) is 0.444. The zero-order valence-corrected chi connectivity index (χ0v) is 18.9. The summed E-state index contributed by atoms with van der Waals surface area (Å²) >= 11 is 0. The number of pyridine rings is 1. The lowest BCUT2D eigenvalue weighted by molar-refractivity contribution is 0.171. The fourth-order valence-electron chi connectivity index (χ4n) is 5.01. The van der Waals surface area contributed by atoms with E-state index < -0.39 is 0 Å². The minimum Gasteiger partial charge on any atom is -0.484 e. The Morgan fingerprint density at radius 1 is 0.935 bits per heavy atom. The molecule has 1 aliphatic carbocycles. The van der Waals surface area contributed by atoms with Crippen LogP contribution < -0.4 is 4.74 Å². The van der Waals surface area contributed by atoms with E-state index in [4.69, 9.17) is 14.7 Å². The smallest absolute Gasteiger partial charge is 0.142 e. The summed E-state index contributed by atoms with van der Waals surface area (Å²) in [5.74, 6) is 3.17. The van der Waals surface area contributed by atoms with Gasteiger partial charge in [-0.15, -0.1) is 0 Å². The molecule has 1 aromatic carbocycles. The van der Waals surface area contributed by atoms with Crippen molar-refractivity contribution in [2.75, 3.05) is 0 Å². The average molecular weight is 414 g/mol. The molecule has 0 saturated heterocycles. The highest BCUT2D eigenvalue weighted by atomic mass is 16.5. The number of fused-ring (bicyclic) bond motifs is 1. The monoisotopic (exact) mass is 413 g/mol. The second-order valence-corrected chi connectivity index (χ2v) is 9.59. The minimum absolute atomic E-state index is 0.0389. The topological polar surface area (TPSA) is 47.9 Å². The minimum atomic E-state index is -0.0389. The number of aromatic nitrogens is 3. The zero-order valence-electron chi connectivity index (χ0n) is 18.9. The maximum atomic E-state index is 6.46. The van der Waals surface area contributed by atoms with Crippen LogP contribution in [0.2, 0.25) is 0 Å². The molecular weight excluding hydrogens is 382 g/mol. The van der Waals surface area contributed by atoms with E-state index in [9.17, 15) is 0 Å². The summed E-state index contributed by atoms with van der Waals surface area (Å²) in [6, 6.07) is 8.98. The number of nitrogens with zero attached hydrogens (tertiary/aromatic N) is 3. The molecule has 1 fully saturated rings. The van der Waals surface area contributed by atoms with Crippen LogP contribution in [0.15, 0.2) is 42.9 Å². The van der Waals surface area contributed by atoms with Gasteiger partial charge in [0.25, 0.3) is 0 Å². The van der Waals surface area contributed by atoms with Gasteiger partial charge in [-0.05, 0) is 86.1 Å². The molecule has 2 aliphatic rings. The molecule has 0 N–H and O–H groups in total. The molecule has 5 rings (SSSR count). The lowest BCUT2D eigenvalue weighted by atomic mass is 9.83. The first-order chi connectivity index (χ1) is 15.0. The zero-order chi connectivity index (χ0) is 21.5. The van der Waals surface area contributed by atoms with Crippen LogP contribution in [0.5, 0.6) is 5.75 Å². The van der Waals surface area contributed by atoms with Gasteiger partial charge in [0, 0.05) is 17.5 Å². The normalized spacial score (nSPS) is 19.1. The van der Waals surface area contributed by atoms with E-state index in [-0.39, 0.29) is 6.10 Å². The Morgan fingerprint density at radius 3 is 2.48 bits per heavy atom. The largest absolute Gasteiger partial charge is 0.484 e. The highest BCUT2D eigenvalue weighted by molar-refractivity contribution is 5.62. The van der Waals surface area contributed by atoms with E-state index >= 15 is 0 Å². The van der Waals surface area contributed by atoms with Gasteiger partial charge in [-0.2, -0.15) is 0 Å². The Bertz CT molecular complexity index is 1080. The van der Waals surface area contributed by atoms with Crippen molar-refractivity contribution in [1.29, 1.82) is 0 Å². The molecule has 1 unspecified atom stereocenters. The highest BCUT2D eigenvalue weighted by Crippen LogP contribution is 2.48. The molecule has 4 heteroatoms. The Morgan fingerprint density at radius 2 is 1.77 bits per heavy atom. The third kappa shape index (κ3) is 4.08. The summed E-state index contributed by atoms with van der Waals surface area (Å²) in [6.45, 7) is 8.74. The first-order valence-corrected chi connectivity index (χ1v) is 11.5. The van der Waals surface area contributed by atoms with E-state index in [2.05, 4.69) is 50.0 Å². The van der Waals surface area contributed by atoms with Crippen LogP contribution in [0.4, 0.5) is 0 Å². The molecular formula is C27H31N3O. The summed E-state index contributed by atoms with van der Waals surface area (Å²) in [7, 11) is 0. The van der Waals surface area contributed by atoms with Crippen molar-refractivity contribution in [2.24, 2.45) is 11.8 Å². The van der Waals surface area contributed by atoms with E-state index in [0.717, 1.165) is 52.7 Å². The van der Waals surface area contributed by atoms with Crippen LogP contribution in [-0.2, 0) is 6.42 Å². The van der Waals surface area contributed by atoms with Crippen molar-refractivity contribution in [1.82, 2.24) is 15.0 Å².